The molecule has 34 heavy (non-hydrogen) atoms. The number of carbonyl (C=O) groups is 1. The highest BCUT2D eigenvalue weighted by Crippen LogP contribution is 2.63. The van der Waals surface area contributed by atoms with E-state index >= 15 is 0 Å². The van der Waals surface area contributed by atoms with Gasteiger partial charge in [-0.3, -0.25) is 4.98 Å². The normalized spacial score (nSPS) is 38.2. The van der Waals surface area contributed by atoms with Crippen LogP contribution in [0.2, 0.25) is 0 Å². The van der Waals surface area contributed by atoms with Gasteiger partial charge in [-0.2, -0.15) is 0 Å². The van der Waals surface area contributed by atoms with E-state index in [1.54, 1.807) is 0 Å². The fourth-order valence-electron chi connectivity index (χ4n) is 7.82. The van der Waals surface area contributed by atoms with Gasteiger partial charge in [0.15, 0.2) is 12.0 Å². The summed E-state index contributed by atoms with van der Waals surface area (Å²) in [5.74, 6) is 0.747. The Morgan fingerprint density at radius 2 is 2.03 bits per heavy atom. The Morgan fingerprint density at radius 3 is 2.79 bits per heavy atom. The molecule has 0 amide bonds. The molecule has 186 valence electrons. The average Bonchev–Trinajstić information content (AvgIpc) is 3.35. The van der Waals surface area contributed by atoms with Crippen molar-refractivity contribution in [2.75, 3.05) is 13.2 Å². The molecule has 0 radical (unpaired) electrons. The number of hydrogen-bond acceptors (Lipinski definition) is 5. The monoisotopic (exact) mass is 469 g/mol. The molecule has 1 aromatic heterocycles. The maximum atomic E-state index is 11.5. The van der Waals surface area contributed by atoms with Crippen molar-refractivity contribution < 1.29 is 24.1 Å². The molecule has 0 aromatic carbocycles. The zero-order valence-corrected chi connectivity index (χ0v) is 20.6. The van der Waals surface area contributed by atoms with Crippen LogP contribution in [0.4, 0.5) is 0 Å². The Labute approximate surface area is 203 Å². The van der Waals surface area contributed by atoms with Gasteiger partial charge in [0.05, 0.1) is 25.5 Å². The number of allylic oxidation sites excluding steroid dienone is 1. The maximum absolute atomic E-state index is 11.5. The second-order valence-electron chi connectivity index (χ2n) is 11.5. The van der Waals surface area contributed by atoms with Gasteiger partial charge in [-0.15, -0.1) is 0 Å². The minimum absolute atomic E-state index is 0.0156. The van der Waals surface area contributed by atoms with Gasteiger partial charge in [0, 0.05) is 17.5 Å². The number of hydrogen-bond donors (Lipinski definition) is 1. The van der Waals surface area contributed by atoms with Crippen LogP contribution in [0.25, 0.3) is 0 Å². The Hall–Kier alpha value is -1.92. The first kappa shape index (κ1) is 23.8. The lowest BCUT2D eigenvalue weighted by atomic mass is 9.46. The molecule has 2 heterocycles. The number of ether oxygens (including phenoxy) is 3. The van der Waals surface area contributed by atoms with Gasteiger partial charge in [-0.1, -0.05) is 38.8 Å². The van der Waals surface area contributed by atoms with Crippen LogP contribution in [0, 0.1) is 28.6 Å². The lowest BCUT2D eigenvalue weighted by Crippen LogP contribution is -2.62. The highest BCUT2D eigenvalue weighted by atomic mass is 16.7. The van der Waals surface area contributed by atoms with E-state index in [1.807, 2.05) is 0 Å². The second kappa shape index (κ2) is 9.27. The average molecular weight is 470 g/mol. The lowest BCUT2D eigenvalue weighted by Gasteiger charge is -2.63. The smallest absolute Gasteiger partial charge is 0.339 e. The predicted octanol–water partition coefficient (Wildman–Crippen LogP) is 5.87. The van der Waals surface area contributed by atoms with Crippen LogP contribution >= 0.6 is 0 Å². The maximum Gasteiger partial charge on any atom is 0.339 e. The molecule has 1 saturated heterocycles. The van der Waals surface area contributed by atoms with E-state index in [1.165, 1.54) is 49.7 Å². The fourth-order valence-corrected chi connectivity index (χ4v) is 7.82. The Balaban J connectivity index is 1.29. The number of nitrogens with zero attached hydrogens (tertiary/aromatic N) is 1. The van der Waals surface area contributed by atoms with Crippen LogP contribution in [0.1, 0.15) is 82.0 Å². The summed E-state index contributed by atoms with van der Waals surface area (Å²) in [4.78, 5) is 15.6. The minimum atomic E-state index is -0.994. The molecule has 1 aromatic rings. The fraction of sp³-hybridized carbons (Fsp3) is 0.714. The highest BCUT2D eigenvalue weighted by Gasteiger charge is 2.60. The summed E-state index contributed by atoms with van der Waals surface area (Å²) in [5.41, 5.74) is 1.59. The van der Waals surface area contributed by atoms with Gasteiger partial charge in [0.2, 0.25) is 0 Å². The number of carboxylic acid groups (broad SMARTS) is 1. The van der Waals surface area contributed by atoms with E-state index in [9.17, 15) is 9.90 Å². The van der Waals surface area contributed by atoms with Gasteiger partial charge >= 0.3 is 5.97 Å². The first-order valence-electron chi connectivity index (χ1n) is 13.1. The van der Waals surface area contributed by atoms with E-state index < -0.39 is 5.97 Å². The Morgan fingerprint density at radius 1 is 1.24 bits per heavy atom. The zero-order chi connectivity index (χ0) is 23.9. The quantitative estimate of drug-likeness (QED) is 0.525. The van der Waals surface area contributed by atoms with Crippen LogP contribution in [-0.4, -0.2) is 41.7 Å². The molecule has 6 atom stereocenters. The van der Waals surface area contributed by atoms with Gasteiger partial charge < -0.3 is 19.3 Å². The number of aromatic nitrogens is 1. The van der Waals surface area contributed by atoms with Gasteiger partial charge in [-0.05, 0) is 68.3 Å². The third-order valence-corrected chi connectivity index (χ3v) is 9.64. The van der Waals surface area contributed by atoms with Crippen molar-refractivity contribution in [1.29, 1.82) is 0 Å². The van der Waals surface area contributed by atoms with Gasteiger partial charge in [0.1, 0.15) is 5.56 Å². The summed E-state index contributed by atoms with van der Waals surface area (Å²) in [6.45, 7) is 10.5. The summed E-state index contributed by atoms with van der Waals surface area (Å²) in [6, 6.07) is 1.48. The third kappa shape index (κ3) is 4.07. The summed E-state index contributed by atoms with van der Waals surface area (Å²) in [7, 11) is 0. The number of fused-ring (bicyclic) bond motifs is 3. The molecular formula is C28H39NO5. The molecule has 4 fully saturated rings. The largest absolute Gasteiger partial charge is 0.491 e. The lowest BCUT2D eigenvalue weighted by molar-refractivity contribution is -0.316. The number of carboxylic acids is 1. The molecule has 1 N–H and O–H groups in total. The van der Waals surface area contributed by atoms with Crippen LogP contribution < -0.4 is 4.74 Å². The van der Waals surface area contributed by atoms with Crippen molar-refractivity contribution in [2.45, 2.75) is 84.0 Å². The summed E-state index contributed by atoms with van der Waals surface area (Å²) in [6.07, 6.45) is 13.4. The van der Waals surface area contributed by atoms with E-state index in [2.05, 4.69) is 25.4 Å². The molecule has 1 unspecified atom stereocenters. The first-order valence-corrected chi connectivity index (χ1v) is 13.1. The molecule has 0 spiro atoms. The van der Waals surface area contributed by atoms with Crippen molar-refractivity contribution in [1.82, 2.24) is 4.98 Å². The van der Waals surface area contributed by atoms with Gasteiger partial charge in [-0.25, -0.2) is 4.79 Å². The first-order chi connectivity index (χ1) is 16.3. The summed E-state index contributed by atoms with van der Waals surface area (Å²) in [5, 5.41) is 9.43. The van der Waals surface area contributed by atoms with Crippen molar-refractivity contribution in [3.8, 4) is 5.75 Å². The molecule has 6 nitrogen and oxygen atoms in total. The molecule has 4 aliphatic rings. The van der Waals surface area contributed by atoms with E-state index in [0.717, 1.165) is 38.7 Å². The van der Waals surface area contributed by atoms with Crippen molar-refractivity contribution >= 4 is 5.97 Å². The SMILES string of the molecule is C=C1CCC2[C@]3(C)CO[C@@H](C4CCCC4)O[C@@H]3CC[C@@]2(C)[C@@H]1CCOc1cnccc1C(=O)O. The molecule has 6 heteroatoms. The molecule has 5 rings (SSSR count). The molecule has 1 aliphatic heterocycles. The van der Waals surface area contributed by atoms with E-state index in [-0.39, 0.29) is 28.8 Å². The van der Waals surface area contributed by atoms with E-state index in [4.69, 9.17) is 14.2 Å². The third-order valence-electron chi connectivity index (χ3n) is 9.64. The highest BCUT2D eigenvalue weighted by molar-refractivity contribution is 5.90. The van der Waals surface area contributed by atoms with Crippen molar-refractivity contribution in [2.24, 2.45) is 28.6 Å². The Kier molecular flexibility index (Phi) is 6.49. The number of rotatable bonds is 6. The zero-order valence-electron chi connectivity index (χ0n) is 20.6. The number of pyridine rings is 1. The van der Waals surface area contributed by atoms with Crippen LogP contribution in [0.3, 0.4) is 0 Å². The standard InChI is InChI=1S/C28H39NO5/c1-18-8-9-23-27(2,21(18)12-15-32-22-16-29-14-11-20(22)25(30)31)13-10-24-28(23,3)17-33-26(34-24)19-6-4-5-7-19/h11,14,16,19,21,23-24,26H,1,4-10,12-13,15,17H2,2-3H3,(H,30,31)/t21-,23?,24-,26-,27+,28+/m1/s1. The minimum Gasteiger partial charge on any atom is -0.491 e. The predicted molar refractivity (Wildman–Crippen MR) is 129 cm³/mol. The van der Waals surface area contributed by atoms with E-state index in [0.29, 0.717) is 30.1 Å². The van der Waals surface area contributed by atoms with Crippen molar-refractivity contribution in [3.05, 3.63) is 36.2 Å². The summed E-state index contributed by atoms with van der Waals surface area (Å²) < 4.78 is 19.1. The molecule has 3 saturated carbocycles. The summed E-state index contributed by atoms with van der Waals surface area (Å²) >= 11 is 0. The van der Waals surface area contributed by atoms with Crippen LogP contribution in [0.5, 0.6) is 5.75 Å². The van der Waals surface area contributed by atoms with Crippen molar-refractivity contribution in [3.63, 3.8) is 0 Å². The molecule has 0 bridgehead atoms. The van der Waals surface area contributed by atoms with Gasteiger partial charge in [0.25, 0.3) is 0 Å². The number of aromatic carboxylic acids is 1. The Bertz CT molecular complexity index is 927. The van der Waals surface area contributed by atoms with Crippen LogP contribution in [-0.2, 0) is 9.47 Å². The topological polar surface area (TPSA) is 77.9 Å². The second-order valence-corrected chi connectivity index (χ2v) is 11.5. The molecular weight excluding hydrogens is 430 g/mol. The van der Waals surface area contributed by atoms with Crippen LogP contribution in [0.15, 0.2) is 30.6 Å². The molecule has 3 aliphatic carbocycles.